The van der Waals surface area contributed by atoms with E-state index in [0.717, 1.165) is 22.3 Å². The smallest absolute Gasteiger partial charge is 0.243 e. The lowest BCUT2D eigenvalue weighted by Gasteiger charge is -2.32. The molecule has 0 bridgehead atoms. The average Bonchev–Trinajstić information content (AvgIpc) is 2.60. The molecule has 1 saturated heterocycles. The molecule has 1 amide bonds. The van der Waals surface area contributed by atoms with Crippen LogP contribution in [0.5, 0.6) is 0 Å². The molecule has 0 saturated carbocycles. The summed E-state index contributed by atoms with van der Waals surface area (Å²) in [6.07, 6.45) is 0.984. The first-order chi connectivity index (χ1) is 12.1. The zero-order valence-corrected chi connectivity index (χ0v) is 17.1. The molecule has 2 N–H and O–H groups in total. The van der Waals surface area contributed by atoms with Crippen molar-refractivity contribution in [1.82, 2.24) is 9.62 Å². The second kappa shape index (κ2) is 8.06. The van der Waals surface area contributed by atoms with Crippen LogP contribution in [0.25, 0.3) is 0 Å². The summed E-state index contributed by atoms with van der Waals surface area (Å²) in [5.74, 6) is -0.320. The summed E-state index contributed by atoms with van der Waals surface area (Å²) in [5.41, 5.74) is 3.53. The van der Waals surface area contributed by atoms with E-state index in [4.69, 9.17) is 5.11 Å². The fourth-order valence-electron chi connectivity index (χ4n) is 3.46. The molecule has 1 atom stereocenters. The molecule has 146 valence electrons. The Morgan fingerprint density at radius 1 is 1.19 bits per heavy atom. The van der Waals surface area contributed by atoms with Crippen LogP contribution in [0.3, 0.4) is 0 Å². The molecule has 2 rings (SSSR count). The molecule has 1 aliphatic heterocycles. The van der Waals surface area contributed by atoms with Gasteiger partial charge in [0, 0.05) is 25.0 Å². The predicted octanol–water partition coefficient (Wildman–Crippen LogP) is 1.82. The molecule has 1 fully saturated rings. The highest BCUT2D eigenvalue weighted by atomic mass is 32.2. The molecule has 1 unspecified atom stereocenters. The zero-order valence-electron chi connectivity index (χ0n) is 16.3. The number of hydrogen-bond donors (Lipinski definition) is 2. The summed E-state index contributed by atoms with van der Waals surface area (Å²) < 4.78 is 28.0. The quantitative estimate of drug-likeness (QED) is 0.813. The van der Waals surface area contributed by atoms with Gasteiger partial charge in [-0.2, -0.15) is 4.31 Å². The van der Waals surface area contributed by atoms with Crippen molar-refractivity contribution >= 4 is 15.9 Å². The van der Waals surface area contributed by atoms with Crippen molar-refractivity contribution in [2.45, 2.75) is 58.4 Å². The lowest BCUT2D eigenvalue weighted by Crippen LogP contribution is -2.45. The first-order valence-corrected chi connectivity index (χ1v) is 10.5. The number of rotatable bonds is 5. The van der Waals surface area contributed by atoms with Crippen molar-refractivity contribution in [3.63, 3.8) is 0 Å². The Kier molecular flexibility index (Phi) is 6.47. The first kappa shape index (κ1) is 20.9. The van der Waals surface area contributed by atoms with Gasteiger partial charge in [-0.15, -0.1) is 0 Å². The van der Waals surface area contributed by atoms with Crippen LogP contribution in [0.1, 0.15) is 42.0 Å². The van der Waals surface area contributed by atoms with E-state index in [0.29, 0.717) is 30.8 Å². The standard InChI is InChI=1S/C19H30N2O4S/c1-12-10-13(2)16(5)18(15(12)4)26(24,25)21-8-6-17(7-9-21)19(23)20-14(3)11-22/h10,14,17,22H,6-9,11H2,1-5H3,(H,20,23). The molecule has 1 heterocycles. The summed E-state index contributed by atoms with van der Waals surface area (Å²) in [6, 6.07) is 1.73. The van der Waals surface area contributed by atoms with Crippen molar-refractivity contribution in [3.05, 3.63) is 28.3 Å². The Balaban J connectivity index is 2.18. The van der Waals surface area contributed by atoms with Crippen LogP contribution >= 0.6 is 0 Å². The number of nitrogens with one attached hydrogen (secondary N) is 1. The monoisotopic (exact) mass is 382 g/mol. The Hall–Kier alpha value is -1.44. The number of aryl methyl sites for hydroxylation is 2. The van der Waals surface area contributed by atoms with Crippen LogP contribution in [0, 0.1) is 33.6 Å². The molecule has 0 spiro atoms. The summed E-state index contributed by atoms with van der Waals surface area (Å²) >= 11 is 0. The number of sulfonamides is 1. The minimum absolute atomic E-state index is 0.107. The van der Waals surface area contributed by atoms with E-state index in [1.165, 1.54) is 4.31 Å². The van der Waals surface area contributed by atoms with E-state index in [9.17, 15) is 13.2 Å². The van der Waals surface area contributed by atoms with E-state index >= 15 is 0 Å². The van der Waals surface area contributed by atoms with Crippen LogP contribution < -0.4 is 5.32 Å². The fraction of sp³-hybridized carbons (Fsp3) is 0.632. The SMILES string of the molecule is Cc1cc(C)c(C)c(S(=O)(=O)N2CCC(C(=O)NC(C)CO)CC2)c1C. The highest BCUT2D eigenvalue weighted by molar-refractivity contribution is 7.89. The second-order valence-corrected chi connectivity index (χ2v) is 9.23. The number of aliphatic hydroxyl groups excluding tert-OH is 1. The van der Waals surface area contributed by atoms with Crippen LogP contribution in [0.15, 0.2) is 11.0 Å². The third-order valence-electron chi connectivity index (χ3n) is 5.38. The van der Waals surface area contributed by atoms with Crippen molar-refractivity contribution in [2.75, 3.05) is 19.7 Å². The van der Waals surface area contributed by atoms with E-state index in [-0.39, 0.29) is 24.5 Å². The number of nitrogens with zero attached hydrogens (tertiary/aromatic N) is 1. The van der Waals surface area contributed by atoms with E-state index in [1.54, 1.807) is 6.92 Å². The van der Waals surface area contributed by atoms with Gasteiger partial charge in [-0.1, -0.05) is 6.07 Å². The third-order valence-corrected chi connectivity index (χ3v) is 7.56. The minimum Gasteiger partial charge on any atom is -0.394 e. The Bertz CT molecular complexity index is 755. The summed E-state index contributed by atoms with van der Waals surface area (Å²) in [7, 11) is -3.58. The van der Waals surface area contributed by atoms with Gasteiger partial charge in [0.1, 0.15) is 0 Å². The molecule has 1 aromatic carbocycles. The summed E-state index contributed by atoms with van der Waals surface area (Å²) in [5, 5.41) is 11.8. The fourth-order valence-corrected chi connectivity index (χ4v) is 5.51. The van der Waals surface area contributed by atoms with E-state index in [2.05, 4.69) is 5.32 Å². The van der Waals surface area contributed by atoms with Gasteiger partial charge in [-0.25, -0.2) is 8.42 Å². The van der Waals surface area contributed by atoms with Crippen molar-refractivity contribution in [1.29, 1.82) is 0 Å². The van der Waals surface area contributed by atoms with Crippen LogP contribution in [-0.2, 0) is 14.8 Å². The maximum Gasteiger partial charge on any atom is 0.243 e. The number of amides is 1. The Morgan fingerprint density at radius 2 is 1.69 bits per heavy atom. The normalized spacial score (nSPS) is 17.9. The highest BCUT2D eigenvalue weighted by Gasteiger charge is 2.34. The number of benzene rings is 1. The molecule has 0 aromatic heterocycles. The topological polar surface area (TPSA) is 86.7 Å². The molecule has 1 aromatic rings. The number of carbonyl (C=O) groups excluding carboxylic acids is 1. The van der Waals surface area contributed by atoms with Crippen molar-refractivity contribution in [3.8, 4) is 0 Å². The Labute approximate surface area is 156 Å². The highest BCUT2D eigenvalue weighted by Crippen LogP contribution is 2.31. The number of carbonyl (C=O) groups is 1. The minimum atomic E-state index is -3.58. The molecule has 0 aliphatic carbocycles. The van der Waals surface area contributed by atoms with Crippen LogP contribution in [0.2, 0.25) is 0 Å². The number of aliphatic hydroxyl groups is 1. The first-order valence-electron chi connectivity index (χ1n) is 9.08. The maximum atomic E-state index is 13.2. The van der Waals surface area contributed by atoms with Crippen molar-refractivity contribution in [2.24, 2.45) is 5.92 Å². The largest absolute Gasteiger partial charge is 0.394 e. The van der Waals surface area contributed by atoms with Gasteiger partial charge in [-0.05, 0) is 69.7 Å². The van der Waals surface area contributed by atoms with Gasteiger partial charge in [0.25, 0.3) is 0 Å². The lowest BCUT2D eigenvalue weighted by molar-refractivity contribution is -0.127. The molecular formula is C19H30N2O4S. The van der Waals surface area contributed by atoms with Gasteiger partial charge in [0.05, 0.1) is 11.5 Å². The zero-order chi connectivity index (χ0) is 19.6. The van der Waals surface area contributed by atoms with Gasteiger partial charge < -0.3 is 10.4 Å². The second-order valence-electron chi connectivity index (χ2n) is 7.36. The van der Waals surface area contributed by atoms with Gasteiger partial charge in [0.15, 0.2) is 0 Å². The van der Waals surface area contributed by atoms with Gasteiger partial charge >= 0.3 is 0 Å². The van der Waals surface area contributed by atoms with Gasteiger partial charge in [-0.3, -0.25) is 4.79 Å². The third kappa shape index (κ3) is 4.10. The maximum absolute atomic E-state index is 13.2. The van der Waals surface area contributed by atoms with Gasteiger partial charge in [0.2, 0.25) is 15.9 Å². The Morgan fingerprint density at radius 3 is 2.15 bits per heavy atom. The molecule has 6 nitrogen and oxygen atoms in total. The van der Waals surface area contributed by atoms with Crippen LogP contribution in [0.4, 0.5) is 0 Å². The summed E-state index contributed by atoms with van der Waals surface area (Å²) in [4.78, 5) is 12.6. The lowest BCUT2D eigenvalue weighted by atomic mass is 9.97. The molecule has 0 radical (unpaired) electrons. The average molecular weight is 383 g/mol. The molecule has 26 heavy (non-hydrogen) atoms. The van der Waals surface area contributed by atoms with Crippen LogP contribution in [-0.4, -0.2) is 49.5 Å². The van der Waals surface area contributed by atoms with E-state index < -0.39 is 10.0 Å². The molecular weight excluding hydrogens is 352 g/mol. The van der Waals surface area contributed by atoms with E-state index in [1.807, 2.05) is 33.8 Å². The summed E-state index contributed by atoms with van der Waals surface area (Å²) in [6.45, 7) is 9.86. The predicted molar refractivity (Wildman–Crippen MR) is 102 cm³/mol. The molecule has 1 aliphatic rings. The number of piperidine rings is 1. The molecule has 7 heteroatoms. The number of hydrogen-bond acceptors (Lipinski definition) is 4. The van der Waals surface area contributed by atoms with Crippen molar-refractivity contribution < 1.29 is 18.3 Å².